The maximum Gasteiger partial charge on any atom is 0.336 e. The summed E-state index contributed by atoms with van der Waals surface area (Å²) >= 11 is 0. The third-order valence-electron chi connectivity index (χ3n) is 3.52. The molecule has 122 valence electrons. The van der Waals surface area contributed by atoms with E-state index in [1.165, 1.54) is 6.42 Å². The van der Waals surface area contributed by atoms with Crippen LogP contribution in [0.1, 0.15) is 59.8 Å². The van der Waals surface area contributed by atoms with E-state index in [4.69, 9.17) is 14.2 Å². The average molecular weight is 298 g/mol. The molecule has 1 saturated carbocycles. The van der Waals surface area contributed by atoms with Gasteiger partial charge in [0.05, 0.1) is 18.8 Å². The molecule has 0 heterocycles. The molecule has 0 saturated heterocycles. The normalized spacial score (nSPS) is 18.3. The molecule has 21 heavy (non-hydrogen) atoms. The van der Waals surface area contributed by atoms with Crippen molar-refractivity contribution in [3.63, 3.8) is 0 Å². The Bertz CT molecular complexity index is 348. The van der Waals surface area contributed by atoms with E-state index in [2.05, 4.69) is 27.4 Å². The maximum absolute atomic E-state index is 12.0. The Labute approximate surface area is 128 Å². The van der Waals surface area contributed by atoms with Gasteiger partial charge in [-0.3, -0.25) is 0 Å². The summed E-state index contributed by atoms with van der Waals surface area (Å²) < 4.78 is 16.3. The highest BCUT2D eigenvalue weighted by Crippen LogP contribution is 2.31. The van der Waals surface area contributed by atoms with Crippen molar-refractivity contribution in [1.29, 1.82) is 0 Å². The highest BCUT2D eigenvalue weighted by atomic mass is 16.7. The summed E-state index contributed by atoms with van der Waals surface area (Å²) in [7, 11) is 0. The zero-order chi connectivity index (χ0) is 15.9. The van der Waals surface area contributed by atoms with E-state index in [9.17, 15) is 4.79 Å². The highest BCUT2D eigenvalue weighted by Gasteiger charge is 2.31. The molecule has 1 aliphatic rings. The fraction of sp³-hybridized carbons (Fsp3) is 0.824. The lowest BCUT2D eigenvalue weighted by Crippen LogP contribution is -2.34. The molecular formula is C17H30O4. The molecule has 0 radical (unpaired) electrons. The lowest BCUT2D eigenvalue weighted by atomic mass is 9.86. The summed E-state index contributed by atoms with van der Waals surface area (Å²) in [6, 6.07) is 0. The van der Waals surface area contributed by atoms with Gasteiger partial charge in [-0.2, -0.15) is 0 Å². The molecule has 0 spiro atoms. The standard InChI is InChI=1S/C17H30O4/c1-14(11-19-13-20-12-16(2,3)4)15(18)21-17(5)9-7-6-8-10-17/h1,6-13H2,2-5H3. The summed E-state index contributed by atoms with van der Waals surface area (Å²) in [5.41, 5.74) is 0.122. The zero-order valence-corrected chi connectivity index (χ0v) is 14.0. The van der Waals surface area contributed by atoms with Crippen LogP contribution in [-0.2, 0) is 19.0 Å². The van der Waals surface area contributed by atoms with Crippen molar-refractivity contribution in [2.45, 2.75) is 65.4 Å². The molecule has 1 fully saturated rings. The molecule has 0 aromatic carbocycles. The van der Waals surface area contributed by atoms with Crippen LogP contribution < -0.4 is 0 Å². The minimum Gasteiger partial charge on any atom is -0.456 e. The van der Waals surface area contributed by atoms with Crippen LogP contribution >= 0.6 is 0 Å². The third-order valence-corrected chi connectivity index (χ3v) is 3.52. The summed E-state index contributed by atoms with van der Waals surface area (Å²) in [6.45, 7) is 13.0. The predicted octanol–water partition coefficient (Wildman–Crippen LogP) is 3.85. The van der Waals surface area contributed by atoms with E-state index in [0.717, 1.165) is 25.7 Å². The van der Waals surface area contributed by atoms with Crippen molar-refractivity contribution in [2.24, 2.45) is 5.41 Å². The maximum atomic E-state index is 12.0. The van der Waals surface area contributed by atoms with Gasteiger partial charge in [-0.15, -0.1) is 0 Å². The second-order valence-electron chi connectivity index (χ2n) is 7.38. The van der Waals surface area contributed by atoms with Gasteiger partial charge in [-0.25, -0.2) is 4.79 Å². The van der Waals surface area contributed by atoms with Gasteiger partial charge >= 0.3 is 5.97 Å². The highest BCUT2D eigenvalue weighted by molar-refractivity contribution is 5.88. The fourth-order valence-electron chi connectivity index (χ4n) is 2.33. The smallest absolute Gasteiger partial charge is 0.336 e. The van der Waals surface area contributed by atoms with Crippen LogP contribution in [0.3, 0.4) is 0 Å². The first-order valence-corrected chi connectivity index (χ1v) is 7.78. The van der Waals surface area contributed by atoms with Crippen LogP contribution in [0.5, 0.6) is 0 Å². The summed E-state index contributed by atoms with van der Waals surface area (Å²) in [5.74, 6) is -0.352. The van der Waals surface area contributed by atoms with Gasteiger partial charge < -0.3 is 14.2 Å². The topological polar surface area (TPSA) is 44.8 Å². The molecule has 0 atom stereocenters. The number of hydrogen-bond donors (Lipinski definition) is 0. The fourth-order valence-corrected chi connectivity index (χ4v) is 2.33. The van der Waals surface area contributed by atoms with E-state index in [1.54, 1.807) is 0 Å². The molecule has 0 bridgehead atoms. The summed E-state index contributed by atoms with van der Waals surface area (Å²) in [5, 5.41) is 0. The van der Waals surface area contributed by atoms with Gasteiger partial charge in [0.2, 0.25) is 0 Å². The van der Waals surface area contributed by atoms with Crippen LogP contribution in [-0.4, -0.2) is 31.6 Å². The lowest BCUT2D eigenvalue weighted by Gasteiger charge is -2.33. The van der Waals surface area contributed by atoms with E-state index in [1.807, 2.05) is 6.92 Å². The molecular weight excluding hydrogens is 268 g/mol. The van der Waals surface area contributed by atoms with Crippen molar-refractivity contribution in [2.75, 3.05) is 20.0 Å². The third kappa shape index (κ3) is 7.63. The number of carbonyl (C=O) groups is 1. The van der Waals surface area contributed by atoms with Crippen LogP contribution in [0, 0.1) is 5.41 Å². The number of ether oxygens (including phenoxy) is 3. The number of hydrogen-bond acceptors (Lipinski definition) is 4. The Morgan fingerprint density at radius 3 is 2.33 bits per heavy atom. The van der Waals surface area contributed by atoms with Crippen LogP contribution in [0.15, 0.2) is 12.2 Å². The first-order valence-electron chi connectivity index (χ1n) is 7.78. The summed E-state index contributed by atoms with van der Waals surface area (Å²) in [4.78, 5) is 12.0. The Morgan fingerprint density at radius 2 is 1.76 bits per heavy atom. The number of esters is 1. The number of carbonyl (C=O) groups excluding carboxylic acids is 1. The Balaban J connectivity index is 2.21. The molecule has 4 heteroatoms. The van der Waals surface area contributed by atoms with Gasteiger partial charge in [-0.1, -0.05) is 33.8 Å². The van der Waals surface area contributed by atoms with E-state index >= 15 is 0 Å². The molecule has 0 aromatic rings. The predicted molar refractivity (Wildman–Crippen MR) is 82.9 cm³/mol. The van der Waals surface area contributed by atoms with Crippen molar-refractivity contribution in [3.05, 3.63) is 12.2 Å². The van der Waals surface area contributed by atoms with E-state index in [-0.39, 0.29) is 30.4 Å². The van der Waals surface area contributed by atoms with E-state index < -0.39 is 0 Å². The minimum absolute atomic E-state index is 0.106. The minimum atomic E-state index is -0.352. The Kier molecular flexibility index (Phi) is 6.88. The molecule has 0 aromatic heterocycles. The van der Waals surface area contributed by atoms with Crippen LogP contribution in [0.25, 0.3) is 0 Å². The second kappa shape index (κ2) is 7.95. The molecule has 1 aliphatic carbocycles. The molecule has 0 amide bonds. The lowest BCUT2D eigenvalue weighted by molar-refractivity contribution is -0.157. The Hall–Kier alpha value is -0.870. The van der Waals surface area contributed by atoms with Crippen LogP contribution in [0.4, 0.5) is 0 Å². The largest absolute Gasteiger partial charge is 0.456 e. The first kappa shape index (κ1) is 18.2. The Morgan fingerprint density at radius 1 is 1.14 bits per heavy atom. The quantitative estimate of drug-likeness (QED) is 0.310. The SMILES string of the molecule is C=C(COCOCC(C)(C)C)C(=O)OC1(C)CCCCC1. The molecule has 1 rings (SSSR count). The molecule has 0 N–H and O–H groups in total. The average Bonchev–Trinajstić information content (AvgIpc) is 2.37. The van der Waals surface area contributed by atoms with Crippen molar-refractivity contribution >= 4 is 5.97 Å². The van der Waals surface area contributed by atoms with Gasteiger partial charge in [0.25, 0.3) is 0 Å². The van der Waals surface area contributed by atoms with E-state index in [0.29, 0.717) is 12.2 Å². The first-order chi connectivity index (χ1) is 9.72. The summed E-state index contributed by atoms with van der Waals surface area (Å²) in [6.07, 6.45) is 5.33. The monoisotopic (exact) mass is 298 g/mol. The second-order valence-corrected chi connectivity index (χ2v) is 7.38. The molecule has 0 unspecified atom stereocenters. The molecule has 4 nitrogen and oxygen atoms in total. The number of rotatable bonds is 7. The van der Waals surface area contributed by atoms with Gasteiger partial charge in [0.15, 0.2) is 0 Å². The molecule has 0 aliphatic heterocycles. The van der Waals surface area contributed by atoms with Gasteiger partial charge in [0.1, 0.15) is 12.4 Å². The van der Waals surface area contributed by atoms with Gasteiger partial charge in [-0.05, 0) is 38.0 Å². The van der Waals surface area contributed by atoms with Crippen molar-refractivity contribution in [1.82, 2.24) is 0 Å². The van der Waals surface area contributed by atoms with Gasteiger partial charge in [0, 0.05) is 0 Å². The van der Waals surface area contributed by atoms with Crippen molar-refractivity contribution in [3.8, 4) is 0 Å². The van der Waals surface area contributed by atoms with Crippen molar-refractivity contribution < 1.29 is 19.0 Å². The zero-order valence-electron chi connectivity index (χ0n) is 14.0. The van der Waals surface area contributed by atoms with Crippen LogP contribution in [0.2, 0.25) is 0 Å².